The van der Waals surface area contributed by atoms with E-state index in [9.17, 15) is 5.11 Å². The molecule has 17 heavy (non-hydrogen) atoms. The predicted molar refractivity (Wildman–Crippen MR) is 64.1 cm³/mol. The summed E-state index contributed by atoms with van der Waals surface area (Å²) in [5.41, 5.74) is 1.33. The Morgan fingerprint density at radius 3 is 3.00 bits per heavy atom. The third-order valence-electron chi connectivity index (χ3n) is 2.69. The third kappa shape index (κ3) is 1.26. The summed E-state index contributed by atoms with van der Waals surface area (Å²) in [7, 11) is 0. The van der Waals surface area contributed by atoms with Gasteiger partial charge in [-0.25, -0.2) is 4.98 Å². The van der Waals surface area contributed by atoms with Gasteiger partial charge in [0.1, 0.15) is 17.4 Å². The van der Waals surface area contributed by atoms with Crippen molar-refractivity contribution in [3.8, 4) is 11.8 Å². The highest BCUT2D eigenvalue weighted by Gasteiger charge is 2.14. The summed E-state index contributed by atoms with van der Waals surface area (Å²) in [6.07, 6.45) is 3.31. The van der Waals surface area contributed by atoms with Gasteiger partial charge in [0, 0.05) is 22.8 Å². The summed E-state index contributed by atoms with van der Waals surface area (Å²) >= 11 is 5.93. The Morgan fingerprint density at radius 2 is 2.24 bits per heavy atom. The fraction of sp³-hybridized carbons (Fsp3) is 0. The molecule has 0 spiro atoms. The summed E-state index contributed by atoms with van der Waals surface area (Å²) in [6.45, 7) is 0. The standard InChI is InChI=1S/C12H6ClN3O/c13-7-1-2-8-10(5-7)16-4-3-15-12(16)9(6-14)11(8)17/h1-5,17H. The molecule has 1 aromatic carbocycles. The lowest BCUT2D eigenvalue weighted by Crippen LogP contribution is -1.92. The normalized spacial score (nSPS) is 10.8. The molecule has 82 valence electrons. The number of nitrogens with zero attached hydrogens (tertiary/aromatic N) is 3. The molecule has 0 atom stereocenters. The van der Waals surface area contributed by atoms with Crippen molar-refractivity contribution in [2.75, 3.05) is 0 Å². The molecule has 3 rings (SSSR count). The molecule has 0 aliphatic carbocycles. The average Bonchev–Trinajstić information content (AvgIpc) is 2.78. The number of hydrogen-bond acceptors (Lipinski definition) is 3. The summed E-state index contributed by atoms with van der Waals surface area (Å²) in [4.78, 5) is 4.07. The summed E-state index contributed by atoms with van der Waals surface area (Å²) in [6, 6.07) is 7.06. The Labute approximate surface area is 101 Å². The SMILES string of the molecule is N#Cc1c(O)c2ccc(Cl)cc2n2ccnc12. The van der Waals surface area contributed by atoms with Crippen molar-refractivity contribution in [1.29, 1.82) is 5.26 Å². The zero-order valence-electron chi connectivity index (χ0n) is 8.55. The lowest BCUT2D eigenvalue weighted by Gasteiger charge is -2.07. The van der Waals surface area contributed by atoms with E-state index in [-0.39, 0.29) is 11.3 Å². The van der Waals surface area contributed by atoms with E-state index < -0.39 is 0 Å². The largest absolute Gasteiger partial charge is 0.506 e. The van der Waals surface area contributed by atoms with Gasteiger partial charge in [0.2, 0.25) is 0 Å². The Morgan fingerprint density at radius 1 is 1.41 bits per heavy atom. The van der Waals surface area contributed by atoms with Crippen LogP contribution in [0.25, 0.3) is 16.6 Å². The molecule has 4 nitrogen and oxygen atoms in total. The van der Waals surface area contributed by atoms with Gasteiger partial charge in [-0.3, -0.25) is 4.40 Å². The van der Waals surface area contributed by atoms with Crippen molar-refractivity contribution in [3.05, 3.63) is 41.2 Å². The average molecular weight is 244 g/mol. The molecular weight excluding hydrogens is 238 g/mol. The quantitative estimate of drug-likeness (QED) is 0.660. The van der Waals surface area contributed by atoms with E-state index in [1.807, 2.05) is 6.07 Å². The molecule has 0 aliphatic heterocycles. The first kappa shape index (κ1) is 9.94. The van der Waals surface area contributed by atoms with E-state index in [2.05, 4.69) is 4.98 Å². The number of pyridine rings is 1. The fourth-order valence-corrected chi connectivity index (χ4v) is 2.10. The summed E-state index contributed by atoms with van der Waals surface area (Å²) in [5, 5.41) is 20.2. The molecule has 0 saturated carbocycles. The molecule has 2 heterocycles. The van der Waals surface area contributed by atoms with Crippen LogP contribution < -0.4 is 0 Å². The van der Waals surface area contributed by atoms with Crippen molar-refractivity contribution >= 4 is 28.2 Å². The van der Waals surface area contributed by atoms with E-state index in [0.29, 0.717) is 16.1 Å². The number of fused-ring (bicyclic) bond motifs is 3. The Hall–Kier alpha value is -2.25. The first-order chi connectivity index (χ1) is 8.22. The molecule has 3 aromatic rings. The van der Waals surface area contributed by atoms with Gasteiger partial charge in [0.25, 0.3) is 0 Å². The second-order valence-electron chi connectivity index (χ2n) is 3.62. The van der Waals surface area contributed by atoms with Gasteiger partial charge in [-0.1, -0.05) is 11.6 Å². The number of halogens is 1. The number of hydrogen-bond donors (Lipinski definition) is 1. The molecular formula is C12H6ClN3O. The maximum absolute atomic E-state index is 10.0. The first-order valence-electron chi connectivity index (χ1n) is 4.89. The number of aromatic nitrogens is 2. The van der Waals surface area contributed by atoms with Gasteiger partial charge in [0.15, 0.2) is 5.65 Å². The lowest BCUT2D eigenvalue weighted by molar-refractivity contribution is 0.480. The number of benzene rings is 1. The molecule has 0 amide bonds. The van der Waals surface area contributed by atoms with Gasteiger partial charge >= 0.3 is 0 Å². The molecule has 0 radical (unpaired) electrons. The van der Waals surface area contributed by atoms with Gasteiger partial charge in [-0.2, -0.15) is 5.26 Å². The molecule has 0 fully saturated rings. The monoisotopic (exact) mass is 243 g/mol. The highest BCUT2D eigenvalue weighted by Crippen LogP contribution is 2.32. The second kappa shape index (κ2) is 3.37. The Balaban J connectivity index is 2.67. The molecule has 0 bridgehead atoms. The summed E-state index contributed by atoms with van der Waals surface area (Å²) in [5.74, 6) is -0.0575. The van der Waals surface area contributed by atoms with Crippen LogP contribution in [0.4, 0.5) is 0 Å². The zero-order chi connectivity index (χ0) is 12.0. The van der Waals surface area contributed by atoms with E-state index >= 15 is 0 Å². The molecule has 2 aromatic heterocycles. The van der Waals surface area contributed by atoms with Crippen molar-refractivity contribution in [1.82, 2.24) is 9.38 Å². The minimum atomic E-state index is -0.0575. The topological polar surface area (TPSA) is 61.3 Å². The van der Waals surface area contributed by atoms with E-state index in [0.717, 1.165) is 5.52 Å². The van der Waals surface area contributed by atoms with Crippen molar-refractivity contribution in [2.24, 2.45) is 0 Å². The van der Waals surface area contributed by atoms with Crippen LogP contribution in [-0.4, -0.2) is 14.5 Å². The second-order valence-corrected chi connectivity index (χ2v) is 4.05. The van der Waals surface area contributed by atoms with E-state index in [1.165, 1.54) is 0 Å². The molecule has 0 unspecified atom stereocenters. The van der Waals surface area contributed by atoms with Crippen LogP contribution in [0.1, 0.15) is 5.56 Å². The van der Waals surface area contributed by atoms with Crippen LogP contribution in [0.2, 0.25) is 5.02 Å². The molecule has 5 heteroatoms. The maximum atomic E-state index is 10.0. The zero-order valence-corrected chi connectivity index (χ0v) is 9.31. The Kier molecular flexibility index (Phi) is 1.97. The van der Waals surface area contributed by atoms with Crippen LogP contribution in [0.15, 0.2) is 30.6 Å². The first-order valence-corrected chi connectivity index (χ1v) is 5.27. The Bertz CT molecular complexity index is 786. The fourth-order valence-electron chi connectivity index (χ4n) is 1.93. The third-order valence-corrected chi connectivity index (χ3v) is 2.92. The summed E-state index contributed by atoms with van der Waals surface area (Å²) < 4.78 is 1.74. The number of rotatable bonds is 0. The van der Waals surface area contributed by atoms with Crippen LogP contribution in [0.5, 0.6) is 5.75 Å². The molecule has 0 saturated heterocycles. The van der Waals surface area contributed by atoms with E-state index in [1.54, 1.807) is 35.0 Å². The molecule has 1 N–H and O–H groups in total. The van der Waals surface area contributed by atoms with Crippen LogP contribution in [-0.2, 0) is 0 Å². The van der Waals surface area contributed by atoms with Crippen LogP contribution in [0, 0.1) is 11.3 Å². The van der Waals surface area contributed by atoms with Crippen molar-refractivity contribution in [2.45, 2.75) is 0 Å². The van der Waals surface area contributed by atoms with Gasteiger partial charge in [0.05, 0.1) is 5.52 Å². The maximum Gasteiger partial charge on any atom is 0.158 e. The highest BCUT2D eigenvalue weighted by atomic mass is 35.5. The minimum absolute atomic E-state index is 0.0575. The van der Waals surface area contributed by atoms with Crippen LogP contribution in [0.3, 0.4) is 0 Å². The smallest absolute Gasteiger partial charge is 0.158 e. The number of nitriles is 1. The van der Waals surface area contributed by atoms with Gasteiger partial charge in [-0.05, 0) is 18.2 Å². The number of imidazole rings is 1. The van der Waals surface area contributed by atoms with Gasteiger partial charge < -0.3 is 5.11 Å². The molecule has 0 aliphatic rings. The number of aromatic hydroxyl groups is 1. The van der Waals surface area contributed by atoms with Gasteiger partial charge in [-0.15, -0.1) is 0 Å². The van der Waals surface area contributed by atoms with Crippen LogP contribution >= 0.6 is 11.6 Å². The van der Waals surface area contributed by atoms with E-state index in [4.69, 9.17) is 16.9 Å². The highest BCUT2D eigenvalue weighted by molar-refractivity contribution is 6.31. The van der Waals surface area contributed by atoms with Crippen molar-refractivity contribution < 1.29 is 5.11 Å². The minimum Gasteiger partial charge on any atom is -0.506 e. The lowest BCUT2D eigenvalue weighted by atomic mass is 10.1. The predicted octanol–water partition coefficient (Wildman–Crippen LogP) is 2.72. The van der Waals surface area contributed by atoms with Crippen molar-refractivity contribution in [3.63, 3.8) is 0 Å².